The summed E-state index contributed by atoms with van der Waals surface area (Å²) in [4.78, 5) is 12.6. The maximum Gasteiger partial charge on any atom is 0.234 e. The van der Waals surface area contributed by atoms with Crippen molar-refractivity contribution in [3.05, 3.63) is 90.3 Å². The lowest BCUT2D eigenvalue weighted by Gasteiger charge is -2.26. The number of hydrogen-bond acceptors (Lipinski definition) is 6. The molecule has 0 saturated heterocycles. The second-order valence-electron chi connectivity index (χ2n) is 7.53. The summed E-state index contributed by atoms with van der Waals surface area (Å²) in [6, 6.07) is 25.1. The van der Waals surface area contributed by atoms with Gasteiger partial charge in [0.2, 0.25) is 5.91 Å². The van der Waals surface area contributed by atoms with E-state index < -0.39 is 6.10 Å². The highest BCUT2D eigenvalue weighted by Gasteiger charge is 2.29. The van der Waals surface area contributed by atoms with Gasteiger partial charge in [-0.05, 0) is 42.8 Å². The Hall–Kier alpha value is -3.78. The number of carbonyl (C=O) groups is 1. The fourth-order valence-electron chi connectivity index (χ4n) is 3.58. The van der Waals surface area contributed by atoms with Crippen LogP contribution in [-0.2, 0) is 4.79 Å². The number of fused-ring (bicyclic) bond motifs is 1. The first kappa shape index (κ1) is 21.1. The zero-order valence-corrected chi connectivity index (χ0v) is 18.8. The summed E-state index contributed by atoms with van der Waals surface area (Å²) >= 11 is 1.33. The maximum absolute atomic E-state index is 12.6. The molecule has 0 aliphatic carbocycles. The third-order valence-corrected chi connectivity index (χ3v) is 6.15. The number of nitrogens with one attached hydrogen (secondary N) is 1. The molecule has 0 fully saturated rings. The van der Waals surface area contributed by atoms with Gasteiger partial charge >= 0.3 is 0 Å². The topological polar surface area (TPSA) is 78.3 Å². The molecule has 8 heteroatoms. The van der Waals surface area contributed by atoms with Crippen molar-refractivity contribution in [2.45, 2.75) is 18.2 Å². The average Bonchev–Trinajstić information content (AvgIpc) is 3.28. The number of aryl methyl sites for hydroxylation is 1. The predicted octanol–water partition coefficient (Wildman–Crippen LogP) is 4.82. The van der Waals surface area contributed by atoms with Gasteiger partial charge in [-0.1, -0.05) is 60.3 Å². The highest BCUT2D eigenvalue weighted by molar-refractivity contribution is 7.99. The monoisotopic (exact) mass is 458 g/mol. The number of aromatic nitrogens is 3. The largest absolute Gasteiger partial charge is 0.485 e. The second-order valence-corrected chi connectivity index (χ2v) is 8.47. The normalized spacial score (nSPS) is 14.6. The number of anilines is 1. The van der Waals surface area contributed by atoms with Crippen LogP contribution in [0.15, 0.2) is 84.0 Å². The average molecular weight is 459 g/mol. The molecule has 1 aromatic heterocycles. The van der Waals surface area contributed by atoms with Crippen molar-refractivity contribution in [1.82, 2.24) is 14.8 Å². The second kappa shape index (κ2) is 9.38. The molecule has 0 bridgehead atoms. The van der Waals surface area contributed by atoms with Crippen molar-refractivity contribution in [3.8, 4) is 17.2 Å². The Bertz CT molecular complexity index is 1280. The molecular formula is C25H22N4O3S. The Morgan fingerprint density at radius 2 is 1.73 bits per heavy atom. The number of para-hydroxylation sites is 4. The highest BCUT2D eigenvalue weighted by Crippen LogP contribution is 2.36. The summed E-state index contributed by atoms with van der Waals surface area (Å²) < 4.78 is 14.0. The van der Waals surface area contributed by atoms with Crippen LogP contribution >= 0.6 is 11.8 Å². The molecule has 0 saturated carbocycles. The molecular weight excluding hydrogens is 436 g/mol. The van der Waals surface area contributed by atoms with Crippen molar-refractivity contribution in [3.63, 3.8) is 0 Å². The van der Waals surface area contributed by atoms with Gasteiger partial charge in [0, 0.05) is 11.4 Å². The van der Waals surface area contributed by atoms with Crippen LogP contribution < -0.4 is 14.8 Å². The summed E-state index contributed by atoms with van der Waals surface area (Å²) in [6.07, 6.45) is -0.428. The number of amides is 1. The third kappa shape index (κ3) is 4.56. The fraction of sp³-hybridized carbons (Fsp3) is 0.160. The van der Waals surface area contributed by atoms with E-state index in [1.54, 1.807) is 0 Å². The molecule has 2 heterocycles. The van der Waals surface area contributed by atoms with E-state index in [1.807, 2.05) is 90.4 Å². The first-order chi connectivity index (χ1) is 16.2. The lowest BCUT2D eigenvalue weighted by atomic mass is 10.2. The minimum absolute atomic E-state index is 0.107. The molecule has 3 aromatic carbocycles. The van der Waals surface area contributed by atoms with E-state index in [-0.39, 0.29) is 11.7 Å². The first-order valence-corrected chi connectivity index (χ1v) is 11.5. The van der Waals surface area contributed by atoms with Crippen molar-refractivity contribution < 1.29 is 14.3 Å². The Labute approximate surface area is 195 Å². The van der Waals surface area contributed by atoms with Crippen molar-refractivity contribution >= 4 is 23.4 Å². The minimum atomic E-state index is -0.428. The highest BCUT2D eigenvalue weighted by atomic mass is 32.2. The standard InChI is InChI=1S/C25H22N4O3S/c1-17-9-5-6-12-19(17)26-23(30)16-33-25-28-27-24(29(25)18-10-3-2-4-11-18)22-15-31-20-13-7-8-14-21(20)32-22/h2-14,22H,15-16H2,1H3,(H,26,30). The first-order valence-electron chi connectivity index (χ1n) is 10.6. The molecule has 1 unspecified atom stereocenters. The van der Waals surface area contributed by atoms with E-state index in [9.17, 15) is 4.79 Å². The number of benzene rings is 3. The van der Waals surface area contributed by atoms with Crippen LogP contribution in [0.1, 0.15) is 17.5 Å². The number of carbonyl (C=O) groups excluding carboxylic acids is 1. The van der Waals surface area contributed by atoms with Crippen molar-refractivity contribution in [2.24, 2.45) is 0 Å². The van der Waals surface area contributed by atoms with E-state index in [4.69, 9.17) is 9.47 Å². The summed E-state index contributed by atoms with van der Waals surface area (Å²) in [5.74, 6) is 2.09. The summed E-state index contributed by atoms with van der Waals surface area (Å²) in [5, 5.41) is 12.4. The lowest BCUT2D eigenvalue weighted by Crippen LogP contribution is -2.24. The number of thioether (sulfide) groups is 1. The van der Waals surface area contributed by atoms with Gasteiger partial charge in [0.1, 0.15) is 6.61 Å². The Morgan fingerprint density at radius 3 is 2.55 bits per heavy atom. The zero-order valence-electron chi connectivity index (χ0n) is 18.0. The summed E-state index contributed by atoms with van der Waals surface area (Å²) in [5.41, 5.74) is 2.71. The minimum Gasteiger partial charge on any atom is -0.485 e. The van der Waals surface area contributed by atoms with Gasteiger partial charge in [-0.15, -0.1) is 10.2 Å². The van der Waals surface area contributed by atoms with Gasteiger partial charge in [-0.25, -0.2) is 0 Å². The molecule has 1 N–H and O–H groups in total. The number of ether oxygens (including phenoxy) is 2. The number of rotatable bonds is 6. The summed E-state index contributed by atoms with van der Waals surface area (Å²) in [6.45, 7) is 2.28. The molecule has 5 rings (SSSR count). The molecule has 33 heavy (non-hydrogen) atoms. The van der Waals surface area contributed by atoms with Crippen molar-refractivity contribution in [1.29, 1.82) is 0 Å². The smallest absolute Gasteiger partial charge is 0.234 e. The Morgan fingerprint density at radius 1 is 1.00 bits per heavy atom. The molecule has 1 atom stereocenters. The number of hydrogen-bond donors (Lipinski definition) is 1. The van der Waals surface area contributed by atoms with Crippen LogP contribution in [0.2, 0.25) is 0 Å². The van der Waals surface area contributed by atoms with E-state index in [1.165, 1.54) is 11.8 Å². The third-order valence-electron chi connectivity index (χ3n) is 5.22. The quantitative estimate of drug-likeness (QED) is 0.418. The van der Waals surface area contributed by atoms with Gasteiger partial charge in [0.15, 0.2) is 28.6 Å². The van der Waals surface area contributed by atoms with Crippen molar-refractivity contribution in [2.75, 3.05) is 17.7 Å². The molecule has 1 amide bonds. The molecule has 0 radical (unpaired) electrons. The van der Waals surface area contributed by atoms with Crippen LogP contribution in [0.5, 0.6) is 11.5 Å². The molecule has 4 aromatic rings. The van der Waals surface area contributed by atoms with E-state index in [0.717, 1.165) is 16.9 Å². The van der Waals surface area contributed by atoms with Crippen LogP contribution in [0.25, 0.3) is 5.69 Å². The lowest BCUT2D eigenvalue weighted by molar-refractivity contribution is -0.113. The maximum atomic E-state index is 12.6. The predicted molar refractivity (Wildman–Crippen MR) is 127 cm³/mol. The zero-order chi connectivity index (χ0) is 22.6. The molecule has 0 spiro atoms. The fourth-order valence-corrected chi connectivity index (χ4v) is 4.34. The Kier molecular flexibility index (Phi) is 5.99. The van der Waals surface area contributed by atoms with Gasteiger partial charge in [-0.2, -0.15) is 0 Å². The van der Waals surface area contributed by atoms with Gasteiger partial charge in [0.05, 0.1) is 5.75 Å². The Balaban J connectivity index is 1.39. The van der Waals surface area contributed by atoms with Gasteiger partial charge < -0.3 is 14.8 Å². The van der Waals surface area contributed by atoms with Gasteiger partial charge in [-0.3, -0.25) is 9.36 Å². The van der Waals surface area contributed by atoms with Crippen LogP contribution in [0, 0.1) is 6.92 Å². The SMILES string of the molecule is Cc1ccccc1NC(=O)CSc1nnc(C2COc3ccccc3O2)n1-c1ccccc1. The molecule has 166 valence electrons. The summed E-state index contributed by atoms with van der Waals surface area (Å²) in [7, 11) is 0. The van der Waals surface area contributed by atoms with Gasteiger partial charge in [0.25, 0.3) is 0 Å². The van der Waals surface area contributed by atoms with E-state index in [0.29, 0.717) is 29.1 Å². The number of nitrogens with zero attached hydrogens (tertiary/aromatic N) is 3. The van der Waals surface area contributed by atoms with Crippen LogP contribution in [-0.4, -0.2) is 33.0 Å². The molecule has 7 nitrogen and oxygen atoms in total. The van der Waals surface area contributed by atoms with E-state index >= 15 is 0 Å². The molecule has 1 aliphatic heterocycles. The molecule has 1 aliphatic rings. The van der Waals surface area contributed by atoms with Crippen LogP contribution in [0.4, 0.5) is 5.69 Å². The van der Waals surface area contributed by atoms with Crippen LogP contribution in [0.3, 0.4) is 0 Å². The van der Waals surface area contributed by atoms with E-state index in [2.05, 4.69) is 15.5 Å².